The molecule has 4 heteroatoms. The van der Waals surface area contributed by atoms with E-state index in [1.807, 2.05) is 0 Å². The quantitative estimate of drug-likeness (QED) is 0.643. The van der Waals surface area contributed by atoms with Gasteiger partial charge in [0.05, 0.1) is 12.8 Å². The Morgan fingerprint density at radius 1 is 1.29 bits per heavy atom. The Bertz CT molecular complexity index is 538. The fraction of sp³-hybridized carbons (Fsp3) is 0.0769. The minimum absolute atomic E-state index is 0.158. The van der Waals surface area contributed by atoms with Gasteiger partial charge in [0.25, 0.3) is 0 Å². The second-order valence-electron chi connectivity index (χ2n) is 3.49. The summed E-state index contributed by atoms with van der Waals surface area (Å²) in [7, 11) is 1.52. The average molecular weight is 228 g/mol. The standard InChI is InChI=1S/C13H12N2O2/c1-17-11-6-2-5-10(12(11)14)13(16)9-4-3-7-15-8-9/h2-8H,14H2,1H3. The van der Waals surface area contributed by atoms with Gasteiger partial charge in [-0.25, -0.2) is 0 Å². The Balaban J connectivity index is 2.45. The summed E-state index contributed by atoms with van der Waals surface area (Å²) in [5.41, 5.74) is 7.15. The fourth-order valence-corrected chi connectivity index (χ4v) is 1.57. The van der Waals surface area contributed by atoms with Crippen LogP contribution in [0.25, 0.3) is 0 Å². The van der Waals surface area contributed by atoms with E-state index in [9.17, 15) is 4.79 Å². The number of nitrogen functional groups attached to an aromatic ring is 1. The van der Waals surface area contributed by atoms with Gasteiger partial charge >= 0.3 is 0 Å². The summed E-state index contributed by atoms with van der Waals surface area (Å²) in [4.78, 5) is 16.1. The van der Waals surface area contributed by atoms with Crippen LogP contribution in [0.1, 0.15) is 15.9 Å². The lowest BCUT2D eigenvalue weighted by atomic mass is 10.0. The molecule has 1 aromatic heterocycles. The predicted molar refractivity (Wildman–Crippen MR) is 65.1 cm³/mol. The number of carbonyl (C=O) groups is 1. The molecule has 0 saturated heterocycles. The van der Waals surface area contributed by atoms with Gasteiger partial charge in [0, 0.05) is 23.5 Å². The maximum Gasteiger partial charge on any atom is 0.196 e. The van der Waals surface area contributed by atoms with Crippen molar-refractivity contribution in [3.63, 3.8) is 0 Å². The average Bonchev–Trinajstić information content (AvgIpc) is 2.39. The number of ketones is 1. The lowest BCUT2D eigenvalue weighted by Gasteiger charge is -2.08. The van der Waals surface area contributed by atoms with Crippen LogP contribution in [0.2, 0.25) is 0 Å². The molecule has 1 aromatic carbocycles. The Kier molecular flexibility index (Phi) is 3.05. The molecule has 2 rings (SSSR count). The Morgan fingerprint density at radius 3 is 2.76 bits per heavy atom. The Labute approximate surface area is 99.1 Å². The highest BCUT2D eigenvalue weighted by Crippen LogP contribution is 2.26. The third-order valence-electron chi connectivity index (χ3n) is 2.45. The molecule has 0 unspecified atom stereocenters. The zero-order chi connectivity index (χ0) is 12.3. The summed E-state index contributed by atoms with van der Waals surface area (Å²) < 4.78 is 5.08. The lowest BCUT2D eigenvalue weighted by molar-refractivity contribution is 0.103. The first kappa shape index (κ1) is 11.1. The summed E-state index contributed by atoms with van der Waals surface area (Å²) in [6.45, 7) is 0. The normalized spacial score (nSPS) is 9.94. The number of carbonyl (C=O) groups excluding carboxylic acids is 1. The summed E-state index contributed by atoms with van der Waals surface area (Å²) >= 11 is 0. The number of ether oxygens (including phenoxy) is 1. The first-order valence-corrected chi connectivity index (χ1v) is 5.11. The summed E-state index contributed by atoms with van der Waals surface area (Å²) in [6, 6.07) is 8.54. The van der Waals surface area contributed by atoms with Crippen LogP contribution in [0, 0.1) is 0 Å². The van der Waals surface area contributed by atoms with Gasteiger partial charge in [-0.3, -0.25) is 9.78 Å². The van der Waals surface area contributed by atoms with Gasteiger partial charge in [0.2, 0.25) is 0 Å². The smallest absolute Gasteiger partial charge is 0.196 e. The number of nitrogens with zero attached hydrogens (tertiary/aromatic N) is 1. The number of aromatic nitrogens is 1. The van der Waals surface area contributed by atoms with Gasteiger partial charge in [0.1, 0.15) is 5.75 Å². The molecule has 2 N–H and O–H groups in total. The number of para-hydroxylation sites is 1. The maximum absolute atomic E-state index is 12.2. The van der Waals surface area contributed by atoms with E-state index in [4.69, 9.17) is 10.5 Å². The molecular weight excluding hydrogens is 216 g/mol. The van der Waals surface area contributed by atoms with Gasteiger partial charge in [-0.15, -0.1) is 0 Å². The third kappa shape index (κ3) is 2.10. The molecule has 1 heterocycles. The second kappa shape index (κ2) is 4.65. The van der Waals surface area contributed by atoms with E-state index in [0.717, 1.165) is 0 Å². The molecule has 0 bridgehead atoms. The van der Waals surface area contributed by atoms with E-state index >= 15 is 0 Å². The van der Waals surface area contributed by atoms with Crippen LogP contribution in [-0.2, 0) is 0 Å². The van der Waals surface area contributed by atoms with Crippen molar-refractivity contribution >= 4 is 11.5 Å². The van der Waals surface area contributed by atoms with E-state index in [-0.39, 0.29) is 5.78 Å². The van der Waals surface area contributed by atoms with E-state index in [0.29, 0.717) is 22.6 Å². The highest BCUT2D eigenvalue weighted by Gasteiger charge is 2.14. The molecule has 0 amide bonds. The SMILES string of the molecule is COc1cccc(C(=O)c2cccnc2)c1N. The van der Waals surface area contributed by atoms with Crippen LogP contribution < -0.4 is 10.5 Å². The fourth-order valence-electron chi connectivity index (χ4n) is 1.57. The minimum atomic E-state index is -0.158. The highest BCUT2D eigenvalue weighted by atomic mass is 16.5. The molecule has 0 spiro atoms. The number of methoxy groups -OCH3 is 1. The number of nitrogens with two attached hydrogens (primary N) is 1. The van der Waals surface area contributed by atoms with E-state index in [1.54, 1.807) is 36.5 Å². The van der Waals surface area contributed by atoms with Crippen LogP contribution in [0.5, 0.6) is 5.75 Å². The van der Waals surface area contributed by atoms with Crippen molar-refractivity contribution < 1.29 is 9.53 Å². The molecule has 2 aromatic rings. The van der Waals surface area contributed by atoms with Gasteiger partial charge in [-0.2, -0.15) is 0 Å². The number of rotatable bonds is 3. The summed E-state index contributed by atoms with van der Waals surface area (Å²) in [5, 5.41) is 0. The van der Waals surface area contributed by atoms with Gasteiger partial charge in [-0.1, -0.05) is 6.07 Å². The van der Waals surface area contributed by atoms with Crippen molar-refractivity contribution in [3.05, 3.63) is 53.9 Å². The van der Waals surface area contributed by atoms with Crippen molar-refractivity contribution in [2.75, 3.05) is 12.8 Å². The lowest BCUT2D eigenvalue weighted by Crippen LogP contribution is -2.06. The molecule has 86 valence electrons. The summed E-state index contributed by atoms with van der Waals surface area (Å²) in [6.07, 6.45) is 3.13. The minimum Gasteiger partial charge on any atom is -0.495 e. The molecular formula is C13H12N2O2. The zero-order valence-electron chi connectivity index (χ0n) is 9.38. The van der Waals surface area contributed by atoms with E-state index in [2.05, 4.69) is 4.98 Å². The zero-order valence-corrected chi connectivity index (χ0v) is 9.38. The second-order valence-corrected chi connectivity index (χ2v) is 3.49. The monoisotopic (exact) mass is 228 g/mol. The number of benzene rings is 1. The first-order valence-electron chi connectivity index (χ1n) is 5.11. The molecule has 17 heavy (non-hydrogen) atoms. The van der Waals surface area contributed by atoms with E-state index in [1.165, 1.54) is 13.3 Å². The van der Waals surface area contributed by atoms with Crippen LogP contribution in [-0.4, -0.2) is 17.9 Å². The topological polar surface area (TPSA) is 65.2 Å². The van der Waals surface area contributed by atoms with Crippen molar-refractivity contribution in [1.29, 1.82) is 0 Å². The number of anilines is 1. The Hall–Kier alpha value is -2.36. The van der Waals surface area contributed by atoms with Crippen LogP contribution in [0.3, 0.4) is 0 Å². The van der Waals surface area contributed by atoms with Crippen molar-refractivity contribution in [1.82, 2.24) is 4.98 Å². The van der Waals surface area contributed by atoms with Crippen LogP contribution >= 0.6 is 0 Å². The Morgan fingerprint density at radius 2 is 2.12 bits per heavy atom. The van der Waals surface area contributed by atoms with Gasteiger partial charge in [-0.05, 0) is 24.3 Å². The molecule has 4 nitrogen and oxygen atoms in total. The number of hydrogen-bond acceptors (Lipinski definition) is 4. The largest absolute Gasteiger partial charge is 0.495 e. The van der Waals surface area contributed by atoms with Gasteiger partial charge < -0.3 is 10.5 Å². The van der Waals surface area contributed by atoms with E-state index < -0.39 is 0 Å². The third-order valence-corrected chi connectivity index (χ3v) is 2.45. The van der Waals surface area contributed by atoms with Crippen molar-refractivity contribution in [3.8, 4) is 5.75 Å². The molecule has 0 fully saturated rings. The maximum atomic E-state index is 12.2. The van der Waals surface area contributed by atoms with Crippen LogP contribution in [0.4, 0.5) is 5.69 Å². The molecule has 0 atom stereocenters. The molecule has 0 aliphatic carbocycles. The summed E-state index contributed by atoms with van der Waals surface area (Å²) in [5.74, 6) is 0.342. The molecule has 0 radical (unpaired) electrons. The number of hydrogen-bond donors (Lipinski definition) is 1. The van der Waals surface area contributed by atoms with Crippen molar-refractivity contribution in [2.24, 2.45) is 0 Å². The van der Waals surface area contributed by atoms with Crippen molar-refractivity contribution in [2.45, 2.75) is 0 Å². The predicted octanol–water partition coefficient (Wildman–Crippen LogP) is 1.90. The van der Waals surface area contributed by atoms with Crippen LogP contribution in [0.15, 0.2) is 42.7 Å². The molecule has 0 saturated carbocycles. The first-order chi connectivity index (χ1) is 8.24. The molecule has 0 aliphatic rings. The highest BCUT2D eigenvalue weighted by molar-refractivity contribution is 6.12. The van der Waals surface area contributed by atoms with Gasteiger partial charge in [0.15, 0.2) is 5.78 Å². The number of pyridine rings is 1. The molecule has 0 aliphatic heterocycles.